The number of Topliss-reactive ketones (excluding diaryl/α,β-unsaturated/α-hetero) is 1. The summed E-state index contributed by atoms with van der Waals surface area (Å²) in [5, 5.41) is 10.8. The number of carbonyl (C=O) groups is 1. The lowest BCUT2D eigenvalue weighted by Crippen LogP contribution is -2.18. The number of benzene rings is 1. The molecule has 0 fully saturated rings. The van der Waals surface area contributed by atoms with E-state index in [0.29, 0.717) is 5.56 Å². The maximum atomic E-state index is 12.5. The van der Waals surface area contributed by atoms with Crippen LogP contribution in [0.3, 0.4) is 0 Å². The van der Waals surface area contributed by atoms with Crippen molar-refractivity contribution in [3.63, 3.8) is 0 Å². The van der Waals surface area contributed by atoms with Gasteiger partial charge in [-0.2, -0.15) is 8.42 Å². The second-order valence-corrected chi connectivity index (χ2v) is 10.5. The second kappa shape index (κ2) is 6.34. The average Bonchev–Trinajstić information content (AvgIpc) is 2.68. The molecular formula is C20H28NO4S+. The number of hydrogen-bond donors (Lipinski definition) is 1. The van der Waals surface area contributed by atoms with Gasteiger partial charge in [0.15, 0.2) is 11.4 Å². The molecule has 0 unspecified atom stereocenters. The van der Waals surface area contributed by atoms with Crippen molar-refractivity contribution < 1.29 is 22.3 Å². The highest BCUT2D eigenvalue weighted by atomic mass is 32.2. The van der Waals surface area contributed by atoms with Gasteiger partial charge < -0.3 is 5.11 Å². The van der Waals surface area contributed by atoms with Crippen LogP contribution in [0.5, 0.6) is 5.75 Å². The number of allylic oxidation sites excluding steroid dienone is 1. The number of hydrogen-bond acceptors (Lipinski definition) is 4. The normalized spacial score (nSPS) is 19.1. The number of aromatic hydroxyl groups is 1. The molecule has 6 heteroatoms. The predicted molar refractivity (Wildman–Crippen MR) is 104 cm³/mol. The number of nitrogens with zero attached hydrogens (tertiary/aromatic N) is 1. The molecule has 0 aromatic heterocycles. The highest BCUT2D eigenvalue weighted by Crippen LogP contribution is 2.40. The largest absolute Gasteiger partial charge is 0.507 e. The first-order valence-electron chi connectivity index (χ1n) is 8.70. The molecule has 26 heavy (non-hydrogen) atoms. The molecule has 0 bridgehead atoms. The third-order valence-corrected chi connectivity index (χ3v) is 6.30. The third kappa shape index (κ3) is 3.61. The number of ketones is 1. The van der Waals surface area contributed by atoms with Crippen LogP contribution < -0.4 is 0 Å². The Morgan fingerprint density at radius 3 is 1.85 bits per heavy atom. The van der Waals surface area contributed by atoms with Gasteiger partial charge >= 0.3 is 10.0 Å². The molecule has 0 saturated carbocycles. The first-order chi connectivity index (χ1) is 11.7. The van der Waals surface area contributed by atoms with E-state index in [1.165, 1.54) is 6.08 Å². The van der Waals surface area contributed by atoms with Crippen LogP contribution in [0, 0.1) is 0 Å². The third-order valence-electron chi connectivity index (χ3n) is 4.45. The molecule has 0 aliphatic carbocycles. The summed E-state index contributed by atoms with van der Waals surface area (Å²) in [5.41, 5.74) is 1.36. The first-order valence-corrected chi connectivity index (χ1v) is 10.1. The zero-order valence-corrected chi connectivity index (χ0v) is 17.4. The topological polar surface area (TPSA) is 74.5 Å². The number of rotatable bonds is 2. The van der Waals surface area contributed by atoms with Crippen molar-refractivity contribution >= 4 is 28.1 Å². The monoisotopic (exact) mass is 378 g/mol. The minimum Gasteiger partial charge on any atom is -0.507 e. The van der Waals surface area contributed by atoms with Crippen LogP contribution in [0.1, 0.15) is 65.2 Å². The minimum absolute atomic E-state index is 0.210. The van der Waals surface area contributed by atoms with E-state index < -0.39 is 15.8 Å². The van der Waals surface area contributed by atoms with Crippen molar-refractivity contribution in [3.05, 3.63) is 33.7 Å². The molecule has 2 rings (SSSR count). The Kier molecular flexibility index (Phi) is 4.96. The van der Waals surface area contributed by atoms with Crippen molar-refractivity contribution in [2.24, 2.45) is 0 Å². The minimum atomic E-state index is -3.81. The summed E-state index contributed by atoms with van der Waals surface area (Å²) in [6.45, 7) is 13.8. The molecular weight excluding hydrogens is 350 g/mol. The van der Waals surface area contributed by atoms with Crippen LogP contribution in [0.2, 0.25) is 0 Å². The van der Waals surface area contributed by atoms with Crippen LogP contribution in [0.25, 0.3) is 6.08 Å². The van der Waals surface area contributed by atoms with E-state index in [4.69, 9.17) is 0 Å². The fraction of sp³-hybridized carbons (Fsp3) is 0.500. The van der Waals surface area contributed by atoms with Gasteiger partial charge in [0, 0.05) is 11.1 Å². The number of phenolic OH excluding ortho intramolecular Hbond substituents is 1. The zero-order valence-electron chi connectivity index (χ0n) is 16.5. The zero-order chi connectivity index (χ0) is 20.1. The summed E-state index contributed by atoms with van der Waals surface area (Å²) in [5.74, 6) is -0.302. The lowest BCUT2D eigenvalue weighted by Gasteiger charge is -2.27. The van der Waals surface area contributed by atoms with Crippen LogP contribution in [-0.4, -0.2) is 36.0 Å². The van der Waals surface area contributed by atoms with Gasteiger partial charge in [-0.3, -0.25) is 4.79 Å². The van der Waals surface area contributed by atoms with Crippen LogP contribution in [0.15, 0.2) is 17.0 Å². The molecule has 0 radical (unpaired) electrons. The van der Waals surface area contributed by atoms with Gasteiger partial charge in [0.05, 0.1) is 0 Å². The highest BCUT2D eigenvalue weighted by Gasteiger charge is 2.42. The van der Waals surface area contributed by atoms with Crippen molar-refractivity contribution in [3.8, 4) is 5.75 Å². The predicted octanol–water partition coefficient (Wildman–Crippen LogP) is 3.34. The van der Waals surface area contributed by atoms with E-state index in [0.717, 1.165) is 21.3 Å². The molecule has 5 nitrogen and oxygen atoms in total. The Labute approximate surface area is 156 Å². The Hall–Kier alpha value is -1.95. The summed E-state index contributed by atoms with van der Waals surface area (Å²) in [6.07, 6.45) is 2.53. The fourth-order valence-electron chi connectivity index (χ4n) is 2.96. The first kappa shape index (κ1) is 20.4. The van der Waals surface area contributed by atoms with Crippen molar-refractivity contribution in [2.45, 2.75) is 59.3 Å². The van der Waals surface area contributed by atoms with Gasteiger partial charge in [-0.25, -0.2) is 0 Å². The molecule has 1 aromatic carbocycles. The van der Waals surface area contributed by atoms with Gasteiger partial charge in [-0.1, -0.05) is 41.5 Å². The second-order valence-electron chi connectivity index (χ2n) is 8.67. The van der Waals surface area contributed by atoms with Crippen LogP contribution in [-0.2, 0) is 25.6 Å². The van der Waals surface area contributed by atoms with Gasteiger partial charge in [0.25, 0.3) is 5.78 Å². The Balaban J connectivity index is 2.75. The molecule has 142 valence electrons. The molecule has 1 aliphatic rings. The van der Waals surface area contributed by atoms with E-state index in [2.05, 4.69) is 0 Å². The smallest absolute Gasteiger partial charge is 0.399 e. The quantitative estimate of drug-likeness (QED) is 0.633. The van der Waals surface area contributed by atoms with Crippen molar-refractivity contribution in [2.75, 3.05) is 6.54 Å². The number of phenols is 1. The SMILES string of the molecule is CC[N+]1=CC(=O)/C(=C/c2cc(C(C)(C)C)c(O)c(C(C)(C)C)c2)S1(=O)=O. The van der Waals surface area contributed by atoms with Crippen molar-refractivity contribution in [1.29, 1.82) is 0 Å². The van der Waals surface area contributed by atoms with E-state index >= 15 is 0 Å². The summed E-state index contributed by atoms with van der Waals surface area (Å²) in [6, 6.07) is 3.52. The maximum absolute atomic E-state index is 12.5. The lowest BCUT2D eigenvalue weighted by molar-refractivity contribution is -0.350. The summed E-state index contributed by atoms with van der Waals surface area (Å²) < 4.78 is 26.1. The molecule has 0 amide bonds. The van der Waals surface area contributed by atoms with Crippen LogP contribution >= 0.6 is 0 Å². The fourth-order valence-corrected chi connectivity index (χ4v) is 4.38. The van der Waals surface area contributed by atoms with Gasteiger partial charge in [-0.15, -0.1) is 3.98 Å². The number of carbonyl (C=O) groups excluding carboxylic acids is 1. The molecule has 0 spiro atoms. The van der Waals surface area contributed by atoms with Gasteiger partial charge in [0.1, 0.15) is 5.75 Å². The number of sulfonamides is 1. The Bertz CT molecular complexity index is 889. The molecule has 1 aliphatic heterocycles. The summed E-state index contributed by atoms with van der Waals surface area (Å²) in [4.78, 5) is 12.0. The standard InChI is InChI=1S/C20H27NO4S/c1-8-21-12-16(22)17(26(21,24)25)11-13-9-14(19(2,3)4)18(23)15(10-13)20(5,6)7/h9-12H,8H2,1-7H3/p+1. The van der Waals surface area contributed by atoms with E-state index in [9.17, 15) is 18.3 Å². The molecule has 1 N–H and O–H groups in total. The van der Waals surface area contributed by atoms with E-state index in [-0.39, 0.29) is 28.0 Å². The maximum Gasteiger partial charge on any atom is 0.399 e. The highest BCUT2D eigenvalue weighted by molar-refractivity contribution is 7.91. The molecule has 1 aromatic rings. The van der Waals surface area contributed by atoms with Gasteiger partial charge in [0.2, 0.25) is 6.21 Å². The summed E-state index contributed by atoms with van der Waals surface area (Å²) in [7, 11) is -3.81. The lowest BCUT2D eigenvalue weighted by atomic mass is 9.78. The Morgan fingerprint density at radius 2 is 1.50 bits per heavy atom. The van der Waals surface area contributed by atoms with E-state index in [1.54, 1.807) is 19.1 Å². The molecule has 1 heterocycles. The molecule has 0 saturated heterocycles. The van der Waals surface area contributed by atoms with Gasteiger partial charge in [-0.05, 0) is 41.5 Å². The van der Waals surface area contributed by atoms with Crippen LogP contribution in [0.4, 0.5) is 0 Å². The van der Waals surface area contributed by atoms with Crippen molar-refractivity contribution in [1.82, 2.24) is 0 Å². The summed E-state index contributed by atoms with van der Waals surface area (Å²) >= 11 is 0. The molecule has 0 atom stereocenters. The average molecular weight is 379 g/mol. The Morgan fingerprint density at radius 1 is 1.04 bits per heavy atom. The van der Waals surface area contributed by atoms with E-state index in [1.807, 2.05) is 41.5 Å².